The van der Waals surface area contributed by atoms with Crippen LogP contribution in [0.3, 0.4) is 0 Å². The monoisotopic (exact) mass is 684 g/mol. The van der Waals surface area contributed by atoms with Crippen LogP contribution in [0.4, 0.5) is 0 Å². The first-order valence-corrected chi connectivity index (χ1v) is 15.8. The van der Waals surface area contributed by atoms with E-state index >= 15 is 0 Å². The lowest BCUT2D eigenvalue weighted by Crippen LogP contribution is -2.47. The average Bonchev–Trinajstić information content (AvgIpc) is 3.48. The van der Waals surface area contributed by atoms with Crippen molar-refractivity contribution >= 4 is 33.8 Å². The summed E-state index contributed by atoms with van der Waals surface area (Å²) in [6, 6.07) is 30.6. The van der Waals surface area contributed by atoms with Crippen molar-refractivity contribution in [2.24, 2.45) is 4.99 Å². The Bertz CT molecular complexity index is 1680. The van der Waals surface area contributed by atoms with Crippen molar-refractivity contribution in [2.45, 2.75) is 31.0 Å². The van der Waals surface area contributed by atoms with Crippen LogP contribution in [-0.2, 0) is 16.1 Å². The van der Waals surface area contributed by atoms with Gasteiger partial charge in [-0.15, -0.1) is 0 Å². The van der Waals surface area contributed by atoms with Gasteiger partial charge in [0.05, 0.1) is 20.8 Å². The second-order valence-electron chi connectivity index (χ2n) is 10.7. The van der Waals surface area contributed by atoms with Crippen molar-refractivity contribution in [1.29, 1.82) is 0 Å². The number of nitrogens with one attached hydrogen (secondary N) is 1. The number of aliphatic hydroxyl groups is 1. The summed E-state index contributed by atoms with van der Waals surface area (Å²) in [5.74, 6) is 1.94. The van der Waals surface area contributed by atoms with Crippen molar-refractivity contribution in [1.82, 2.24) is 5.32 Å². The molecule has 2 atom stereocenters. The molecule has 0 unspecified atom stereocenters. The molecule has 1 aliphatic rings. The fourth-order valence-corrected chi connectivity index (χ4v) is 5.74. The Morgan fingerprint density at radius 3 is 2.43 bits per heavy atom. The van der Waals surface area contributed by atoms with Gasteiger partial charge in [-0.05, 0) is 53.6 Å². The first-order valence-electron chi connectivity index (χ1n) is 15.0. The summed E-state index contributed by atoms with van der Waals surface area (Å²) in [5.41, 5.74) is 2.05. The Balaban J connectivity index is 1.53. The lowest BCUT2D eigenvalue weighted by atomic mass is 9.84. The van der Waals surface area contributed by atoms with Gasteiger partial charge >= 0.3 is 0 Å². The summed E-state index contributed by atoms with van der Waals surface area (Å²) in [6.07, 6.45) is 4.06. The van der Waals surface area contributed by atoms with E-state index in [1.54, 1.807) is 14.2 Å². The molecule has 0 bridgehead atoms. The highest BCUT2D eigenvalue weighted by Gasteiger charge is 2.53. The second kappa shape index (κ2) is 15.6. The summed E-state index contributed by atoms with van der Waals surface area (Å²) in [6.45, 7) is 0.722. The van der Waals surface area contributed by atoms with Crippen molar-refractivity contribution in [3.63, 3.8) is 0 Å². The maximum Gasteiger partial charge on any atom is 0.252 e. The molecule has 4 aromatic carbocycles. The van der Waals surface area contributed by atoms with Crippen LogP contribution in [0.15, 0.2) is 113 Å². The molecule has 2 N–H and O–H groups in total. The van der Waals surface area contributed by atoms with E-state index in [1.165, 1.54) is 0 Å². The van der Waals surface area contributed by atoms with Gasteiger partial charge in [-0.2, -0.15) is 0 Å². The third kappa shape index (κ3) is 7.61. The lowest BCUT2D eigenvalue weighted by Gasteiger charge is -2.30. The van der Waals surface area contributed by atoms with E-state index in [0.717, 1.165) is 21.2 Å². The number of nitrogens with zero attached hydrogens (tertiary/aromatic N) is 1. The summed E-state index contributed by atoms with van der Waals surface area (Å²) >= 11 is 3.69. The molecule has 0 saturated heterocycles. The predicted molar refractivity (Wildman–Crippen MR) is 182 cm³/mol. The van der Waals surface area contributed by atoms with E-state index < -0.39 is 11.6 Å². The molecule has 0 aromatic heterocycles. The standard InChI is InChI=1S/C37H37BrN2O6/c1-43-32-20-15-27(24-33(32)44-2)25-39-36(42)37(21-8-12-26-10-4-3-5-11-26)34(30-13-6-7-14-31(30)38)46-35(40-37)28-16-18-29(19-17-28)45-23-9-22-41/h3-8,10-20,24,34,41H,9,21-23,25H2,1-2H3,(H,39,42)/b12-8+/t34-,37-/m1/s1. The van der Waals surface area contributed by atoms with Crippen LogP contribution < -0.4 is 19.5 Å². The van der Waals surface area contributed by atoms with Crippen LogP contribution in [0.1, 0.15) is 41.2 Å². The van der Waals surface area contributed by atoms with Gasteiger partial charge in [0.25, 0.3) is 5.91 Å². The van der Waals surface area contributed by atoms with Gasteiger partial charge in [-0.1, -0.05) is 82.7 Å². The number of benzene rings is 4. The van der Waals surface area contributed by atoms with Gasteiger partial charge in [-0.3, -0.25) is 4.79 Å². The van der Waals surface area contributed by atoms with Crippen molar-refractivity contribution < 1.29 is 28.8 Å². The SMILES string of the molecule is COc1ccc(CNC(=O)[C@]2(C/C=C/c3ccccc3)N=C(c3ccc(OCCCO)cc3)O[C@@H]2c2ccccc2Br)cc1OC. The highest BCUT2D eigenvalue weighted by molar-refractivity contribution is 9.10. The third-order valence-corrected chi connectivity index (χ3v) is 8.38. The minimum atomic E-state index is -1.34. The zero-order chi connectivity index (χ0) is 32.4. The van der Waals surface area contributed by atoms with Gasteiger partial charge in [0, 0.05) is 41.6 Å². The quantitative estimate of drug-likeness (QED) is 0.140. The van der Waals surface area contributed by atoms with Crippen LogP contribution in [-0.4, -0.2) is 49.9 Å². The number of rotatable bonds is 14. The van der Waals surface area contributed by atoms with E-state index in [0.29, 0.717) is 41.7 Å². The van der Waals surface area contributed by atoms with Gasteiger partial charge in [0.1, 0.15) is 5.75 Å². The number of ether oxygens (including phenoxy) is 4. The van der Waals surface area contributed by atoms with E-state index in [1.807, 2.05) is 109 Å². The molecule has 0 aliphatic carbocycles. The summed E-state index contributed by atoms with van der Waals surface area (Å²) < 4.78 is 24.0. The Kier molecular flexibility index (Phi) is 11.1. The molecule has 5 rings (SSSR count). The summed E-state index contributed by atoms with van der Waals surface area (Å²) in [4.78, 5) is 19.6. The number of aliphatic imine (C=N–C) groups is 1. The minimum Gasteiger partial charge on any atom is -0.494 e. The summed E-state index contributed by atoms with van der Waals surface area (Å²) in [7, 11) is 3.16. The van der Waals surface area contributed by atoms with Crippen LogP contribution in [0.2, 0.25) is 0 Å². The molecule has 0 radical (unpaired) electrons. The zero-order valence-corrected chi connectivity index (χ0v) is 27.4. The number of methoxy groups -OCH3 is 2. The number of hydrogen-bond donors (Lipinski definition) is 2. The molecule has 4 aromatic rings. The van der Waals surface area contributed by atoms with E-state index in [2.05, 4.69) is 21.2 Å². The smallest absolute Gasteiger partial charge is 0.252 e. The molecule has 0 saturated carbocycles. The van der Waals surface area contributed by atoms with Gasteiger partial charge in [-0.25, -0.2) is 4.99 Å². The molecule has 0 fully saturated rings. The number of amides is 1. The Morgan fingerprint density at radius 1 is 0.978 bits per heavy atom. The Morgan fingerprint density at radius 2 is 1.72 bits per heavy atom. The summed E-state index contributed by atoms with van der Waals surface area (Å²) in [5, 5.41) is 12.2. The Hall–Kier alpha value is -4.60. The maximum absolute atomic E-state index is 14.5. The zero-order valence-electron chi connectivity index (χ0n) is 25.8. The first-order chi connectivity index (χ1) is 22.5. The fraction of sp³-hybridized carbons (Fsp3) is 0.243. The maximum atomic E-state index is 14.5. The van der Waals surface area contributed by atoms with E-state index in [4.69, 9.17) is 29.0 Å². The third-order valence-electron chi connectivity index (χ3n) is 7.66. The number of carbonyl (C=O) groups excluding carboxylic acids is 1. The topological polar surface area (TPSA) is 98.6 Å². The Labute approximate surface area is 277 Å². The number of hydrogen-bond acceptors (Lipinski definition) is 7. The first kappa shape index (κ1) is 32.8. The van der Waals surface area contributed by atoms with Gasteiger partial charge in [0.15, 0.2) is 23.1 Å². The van der Waals surface area contributed by atoms with Gasteiger partial charge in [0.2, 0.25) is 5.90 Å². The molecular weight excluding hydrogens is 648 g/mol. The van der Waals surface area contributed by atoms with Crippen molar-refractivity contribution in [3.8, 4) is 17.2 Å². The molecule has 1 amide bonds. The normalized spacial score (nSPS) is 17.3. The fourth-order valence-electron chi connectivity index (χ4n) is 5.24. The van der Waals surface area contributed by atoms with Crippen molar-refractivity contribution in [3.05, 3.63) is 130 Å². The van der Waals surface area contributed by atoms with Crippen molar-refractivity contribution in [2.75, 3.05) is 27.4 Å². The predicted octanol–water partition coefficient (Wildman–Crippen LogP) is 6.90. The molecular formula is C37H37BrN2O6. The molecule has 9 heteroatoms. The highest BCUT2D eigenvalue weighted by Crippen LogP contribution is 2.45. The van der Waals surface area contributed by atoms with Crippen LogP contribution in [0.5, 0.6) is 17.2 Å². The number of carbonyl (C=O) groups is 1. The van der Waals surface area contributed by atoms with Crippen LogP contribution in [0, 0.1) is 0 Å². The molecule has 46 heavy (non-hydrogen) atoms. The number of halogens is 1. The average molecular weight is 686 g/mol. The molecule has 1 heterocycles. The largest absolute Gasteiger partial charge is 0.494 e. The van der Waals surface area contributed by atoms with Crippen LogP contribution in [0.25, 0.3) is 6.08 Å². The van der Waals surface area contributed by atoms with Crippen LogP contribution >= 0.6 is 15.9 Å². The molecule has 1 aliphatic heterocycles. The van der Waals surface area contributed by atoms with Gasteiger partial charge < -0.3 is 29.4 Å². The van der Waals surface area contributed by atoms with E-state index in [-0.39, 0.29) is 25.5 Å². The second-order valence-corrected chi connectivity index (χ2v) is 11.6. The molecule has 0 spiro atoms. The number of aliphatic hydroxyl groups excluding tert-OH is 1. The minimum absolute atomic E-state index is 0.0635. The lowest BCUT2D eigenvalue weighted by molar-refractivity contribution is -0.129. The molecule has 8 nitrogen and oxygen atoms in total. The van der Waals surface area contributed by atoms with E-state index in [9.17, 15) is 4.79 Å². The molecule has 238 valence electrons. The highest BCUT2D eigenvalue weighted by atomic mass is 79.9.